The monoisotopic (exact) mass is 435 g/mol. The van der Waals surface area contributed by atoms with Crippen molar-refractivity contribution in [3.8, 4) is 11.1 Å². The zero-order chi connectivity index (χ0) is 20.5. The van der Waals surface area contributed by atoms with Crippen LogP contribution in [0.5, 0.6) is 0 Å². The van der Waals surface area contributed by atoms with Crippen molar-refractivity contribution < 1.29 is 13.5 Å². The lowest BCUT2D eigenvalue weighted by Crippen LogP contribution is -2.19. The minimum Gasteiger partial charge on any atom is -0.386 e. The van der Waals surface area contributed by atoms with E-state index in [1.165, 1.54) is 6.26 Å². The van der Waals surface area contributed by atoms with E-state index in [1.807, 2.05) is 12.1 Å². The molecule has 0 aliphatic carbocycles. The summed E-state index contributed by atoms with van der Waals surface area (Å²) >= 11 is 12.0. The van der Waals surface area contributed by atoms with Gasteiger partial charge in [0.2, 0.25) is 0 Å². The van der Waals surface area contributed by atoms with Crippen molar-refractivity contribution in [2.24, 2.45) is 5.73 Å². The lowest BCUT2D eigenvalue weighted by Gasteiger charge is -2.21. The molecule has 0 spiro atoms. The average Bonchev–Trinajstić information content (AvgIpc) is 2.68. The van der Waals surface area contributed by atoms with Crippen molar-refractivity contribution in [3.63, 3.8) is 0 Å². The largest absolute Gasteiger partial charge is 0.386 e. The van der Waals surface area contributed by atoms with Gasteiger partial charge in [-0.1, -0.05) is 59.6 Å². The van der Waals surface area contributed by atoms with Gasteiger partial charge in [0.25, 0.3) is 0 Å². The molecule has 0 aromatic heterocycles. The number of hydrogen-bond donors (Lipinski definition) is 2. The van der Waals surface area contributed by atoms with Gasteiger partial charge in [0.15, 0.2) is 9.84 Å². The summed E-state index contributed by atoms with van der Waals surface area (Å²) in [5, 5.41) is 11.5. The summed E-state index contributed by atoms with van der Waals surface area (Å²) in [7, 11) is -3.31. The van der Waals surface area contributed by atoms with Crippen molar-refractivity contribution in [2.75, 3.05) is 6.26 Å². The molecule has 0 aliphatic rings. The van der Waals surface area contributed by atoms with Gasteiger partial charge < -0.3 is 10.8 Å². The summed E-state index contributed by atoms with van der Waals surface area (Å²) in [5.41, 5.74) is 9.02. The SMILES string of the molecule is CS(=O)(=O)c1cccc(-c2cccc(C(O)C(N)c3ccc(Cl)c(Cl)c3)c2)c1. The molecule has 0 aliphatic heterocycles. The molecule has 3 N–H and O–H groups in total. The van der Waals surface area contributed by atoms with Crippen LogP contribution < -0.4 is 5.73 Å². The molecule has 0 radical (unpaired) electrons. The summed E-state index contributed by atoms with van der Waals surface area (Å²) in [5.74, 6) is 0. The van der Waals surface area contributed by atoms with Crippen LogP contribution in [0.25, 0.3) is 11.1 Å². The minimum absolute atomic E-state index is 0.239. The predicted molar refractivity (Wildman–Crippen MR) is 113 cm³/mol. The fourth-order valence-corrected chi connectivity index (χ4v) is 3.89. The second kappa shape index (κ2) is 8.23. The van der Waals surface area contributed by atoms with Crippen LogP contribution in [0.15, 0.2) is 71.6 Å². The molecule has 3 rings (SSSR count). The molecule has 2 atom stereocenters. The fourth-order valence-electron chi connectivity index (χ4n) is 2.92. The van der Waals surface area contributed by atoms with Gasteiger partial charge in [0.1, 0.15) is 0 Å². The number of hydrogen-bond acceptors (Lipinski definition) is 4. The van der Waals surface area contributed by atoms with Crippen molar-refractivity contribution in [1.82, 2.24) is 0 Å². The van der Waals surface area contributed by atoms with Crippen LogP contribution in [0.2, 0.25) is 10.0 Å². The molecule has 3 aromatic rings. The first kappa shape index (κ1) is 20.8. The van der Waals surface area contributed by atoms with E-state index in [-0.39, 0.29) is 4.90 Å². The zero-order valence-corrected chi connectivity index (χ0v) is 17.3. The maximum Gasteiger partial charge on any atom is 0.175 e. The molecule has 0 bridgehead atoms. The van der Waals surface area contributed by atoms with Gasteiger partial charge in [-0.2, -0.15) is 0 Å². The number of benzene rings is 3. The van der Waals surface area contributed by atoms with Gasteiger partial charge in [0.05, 0.1) is 27.1 Å². The van der Waals surface area contributed by atoms with E-state index in [1.54, 1.807) is 54.6 Å². The molecule has 4 nitrogen and oxygen atoms in total. The van der Waals surface area contributed by atoms with Crippen molar-refractivity contribution in [3.05, 3.63) is 87.9 Å². The van der Waals surface area contributed by atoms with Crippen LogP contribution in [0.3, 0.4) is 0 Å². The van der Waals surface area contributed by atoms with Crippen molar-refractivity contribution >= 4 is 33.0 Å². The Bertz CT molecular complexity index is 1120. The molecule has 2 unspecified atom stereocenters. The molecule has 0 heterocycles. The topological polar surface area (TPSA) is 80.4 Å². The standard InChI is InChI=1S/C21H19Cl2NO3S/c1-28(26,27)17-7-3-5-14(11-17)13-4-2-6-16(10-13)21(25)20(24)15-8-9-18(22)19(23)12-15/h2-12,20-21,25H,24H2,1H3. The van der Waals surface area contributed by atoms with Crippen LogP contribution in [0.1, 0.15) is 23.3 Å². The van der Waals surface area contributed by atoms with Crippen LogP contribution in [-0.4, -0.2) is 19.8 Å². The van der Waals surface area contributed by atoms with E-state index in [0.717, 1.165) is 11.1 Å². The van der Waals surface area contributed by atoms with Gasteiger partial charge in [-0.05, 0) is 52.6 Å². The third-order valence-electron chi connectivity index (χ3n) is 4.49. The summed E-state index contributed by atoms with van der Waals surface area (Å²) in [4.78, 5) is 0.239. The Hall–Kier alpha value is -1.89. The molecule has 146 valence electrons. The fraction of sp³-hybridized carbons (Fsp3) is 0.143. The van der Waals surface area contributed by atoms with Gasteiger partial charge in [-0.25, -0.2) is 8.42 Å². The number of aliphatic hydroxyl groups excluding tert-OH is 1. The summed E-state index contributed by atoms with van der Waals surface area (Å²) in [6.45, 7) is 0. The maximum atomic E-state index is 11.8. The van der Waals surface area contributed by atoms with E-state index in [2.05, 4.69) is 0 Å². The molecule has 7 heteroatoms. The normalized spacial score (nSPS) is 13.9. The molecule has 0 saturated heterocycles. The van der Waals surface area contributed by atoms with Crippen LogP contribution in [-0.2, 0) is 9.84 Å². The van der Waals surface area contributed by atoms with Crippen LogP contribution >= 0.6 is 23.2 Å². The Morgan fingerprint density at radius 3 is 2.14 bits per heavy atom. The molecular formula is C21H19Cl2NO3S. The highest BCUT2D eigenvalue weighted by atomic mass is 35.5. The van der Waals surface area contributed by atoms with Crippen LogP contribution in [0.4, 0.5) is 0 Å². The first-order valence-corrected chi connectivity index (χ1v) is 11.1. The lowest BCUT2D eigenvalue weighted by atomic mass is 9.94. The van der Waals surface area contributed by atoms with Gasteiger partial charge >= 0.3 is 0 Å². The van der Waals surface area contributed by atoms with Crippen molar-refractivity contribution in [1.29, 1.82) is 0 Å². The number of aliphatic hydroxyl groups is 1. The molecule has 0 saturated carbocycles. The van der Waals surface area contributed by atoms with Gasteiger partial charge in [-0.3, -0.25) is 0 Å². The number of rotatable bonds is 5. The second-order valence-corrected chi connectivity index (χ2v) is 9.40. The third kappa shape index (κ3) is 4.57. The van der Waals surface area contributed by atoms with E-state index < -0.39 is 22.0 Å². The summed E-state index contributed by atoms with van der Waals surface area (Å²) in [6.07, 6.45) is 0.193. The molecule has 3 aromatic carbocycles. The lowest BCUT2D eigenvalue weighted by molar-refractivity contribution is 0.147. The highest BCUT2D eigenvalue weighted by Gasteiger charge is 2.20. The highest BCUT2D eigenvalue weighted by Crippen LogP contribution is 2.33. The quantitative estimate of drug-likeness (QED) is 0.602. The molecular weight excluding hydrogens is 417 g/mol. The number of sulfone groups is 1. The van der Waals surface area contributed by atoms with Gasteiger partial charge in [0, 0.05) is 6.26 Å². The molecule has 0 fully saturated rings. The molecule has 0 amide bonds. The zero-order valence-electron chi connectivity index (χ0n) is 15.0. The second-order valence-electron chi connectivity index (χ2n) is 6.57. The van der Waals surface area contributed by atoms with E-state index in [4.69, 9.17) is 28.9 Å². The highest BCUT2D eigenvalue weighted by molar-refractivity contribution is 7.90. The average molecular weight is 436 g/mol. The smallest absolute Gasteiger partial charge is 0.175 e. The van der Waals surface area contributed by atoms with Crippen molar-refractivity contribution in [2.45, 2.75) is 17.0 Å². The Balaban J connectivity index is 1.93. The van der Waals surface area contributed by atoms with E-state index in [9.17, 15) is 13.5 Å². The predicted octanol–water partition coefficient (Wildman–Crippen LogP) is 4.80. The Morgan fingerprint density at radius 2 is 1.50 bits per heavy atom. The Kier molecular flexibility index (Phi) is 6.12. The third-order valence-corrected chi connectivity index (χ3v) is 6.34. The first-order chi connectivity index (χ1) is 13.2. The Labute approximate surface area is 174 Å². The maximum absolute atomic E-state index is 11.8. The summed E-state index contributed by atoms with van der Waals surface area (Å²) < 4.78 is 23.6. The van der Waals surface area contributed by atoms with Crippen LogP contribution in [0, 0.1) is 0 Å². The number of nitrogens with two attached hydrogens (primary N) is 1. The first-order valence-electron chi connectivity index (χ1n) is 8.46. The number of halogens is 2. The van der Waals surface area contributed by atoms with Gasteiger partial charge in [-0.15, -0.1) is 0 Å². The summed E-state index contributed by atoms with van der Waals surface area (Å²) in [6, 6.07) is 18.2. The van der Waals surface area contributed by atoms with E-state index >= 15 is 0 Å². The molecule has 28 heavy (non-hydrogen) atoms. The van der Waals surface area contributed by atoms with E-state index in [0.29, 0.717) is 21.2 Å². The Morgan fingerprint density at radius 1 is 0.857 bits per heavy atom. The minimum atomic E-state index is -3.31.